The van der Waals surface area contributed by atoms with Gasteiger partial charge in [0.2, 0.25) is 5.89 Å². The molecule has 1 N–H and O–H groups in total. The van der Waals surface area contributed by atoms with Crippen molar-refractivity contribution in [3.05, 3.63) is 11.7 Å². The van der Waals surface area contributed by atoms with Gasteiger partial charge in [-0.3, -0.25) is 0 Å². The van der Waals surface area contributed by atoms with Crippen molar-refractivity contribution in [3.63, 3.8) is 0 Å². The molecule has 3 unspecified atom stereocenters. The van der Waals surface area contributed by atoms with Gasteiger partial charge in [-0.15, -0.1) is 0 Å². The zero-order valence-corrected chi connectivity index (χ0v) is 10.4. The van der Waals surface area contributed by atoms with Gasteiger partial charge in [-0.05, 0) is 12.8 Å². The third-order valence-electron chi connectivity index (χ3n) is 3.35. The maximum atomic E-state index is 9.79. The number of aliphatic hydroxyl groups excluding tert-OH is 1. The van der Waals surface area contributed by atoms with Crippen LogP contribution in [-0.2, 0) is 4.74 Å². The molecule has 3 heterocycles. The number of rotatable bonds is 2. The topological polar surface area (TPSA) is 68.4 Å². The van der Waals surface area contributed by atoms with E-state index in [2.05, 4.69) is 10.1 Å². The Morgan fingerprint density at radius 3 is 3.00 bits per heavy atom. The van der Waals surface area contributed by atoms with Gasteiger partial charge in [-0.25, -0.2) is 0 Å². The van der Waals surface area contributed by atoms with Crippen LogP contribution in [0.3, 0.4) is 0 Å². The Morgan fingerprint density at radius 2 is 2.29 bits per heavy atom. The number of ether oxygens (including phenoxy) is 1. The molecule has 0 radical (unpaired) electrons. The van der Waals surface area contributed by atoms with E-state index in [1.54, 1.807) is 11.8 Å². The van der Waals surface area contributed by atoms with Crippen molar-refractivity contribution >= 4 is 11.8 Å². The second kappa shape index (κ2) is 4.96. The van der Waals surface area contributed by atoms with Gasteiger partial charge in [0.05, 0.1) is 18.6 Å². The molecule has 0 amide bonds. The Bertz CT molecular complexity index is 379. The predicted molar refractivity (Wildman–Crippen MR) is 63.2 cm³/mol. The SMILES string of the molecule is OC1CSCC1c1nc(C2CCCOC2)no1. The van der Waals surface area contributed by atoms with Gasteiger partial charge >= 0.3 is 0 Å². The molecule has 0 bridgehead atoms. The Kier molecular flexibility index (Phi) is 3.35. The van der Waals surface area contributed by atoms with Gasteiger partial charge in [-0.2, -0.15) is 16.7 Å². The lowest BCUT2D eigenvalue weighted by Crippen LogP contribution is -2.18. The minimum atomic E-state index is -0.351. The van der Waals surface area contributed by atoms with E-state index in [1.807, 2.05) is 0 Å². The Hall–Kier alpha value is -0.590. The first-order valence-corrected chi connectivity index (χ1v) is 7.17. The van der Waals surface area contributed by atoms with E-state index >= 15 is 0 Å². The lowest BCUT2D eigenvalue weighted by molar-refractivity contribution is 0.0773. The molecule has 1 aromatic heterocycles. The molecule has 0 saturated carbocycles. The molecule has 17 heavy (non-hydrogen) atoms. The molecule has 6 heteroatoms. The van der Waals surface area contributed by atoms with Crippen LogP contribution in [0.2, 0.25) is 0 Å². The normalized spacial score (nSPS) is 34.1. The maximum absolute atomic E-state index is 9.79. The fraction of sp³-hybridized carbons (Fsp3) is 0.818. The second-order valence-electron chi connectivity index (χ2n) is 4.62. The average Bonchev–Trinajstić information content (AvgIpc) is 2.98. The van der Waals surface area contributed by atoms with Gasteiger partial charge in [0.25, 0.3) is 0 Å². The molecular formula is C11H16N2O3S. The summed E-state index contributed by atoms with van der Waals surface area (Å²) in [6, 6.07) is 0. The summed E-state index contributed by atoms with van der Waals surface area (Å²) in [5, 5.41) is 13.8. The van der Waals surface area contributed by atoms with E-state index in [0.29, 0.717) is 12.5 Å². The summed E-state index contributed by atoms with van der Waals surface area (Å²) >= 11 is 1.73. The zero-order valence-electron chi connectivity index (χ0n) is 9.54. The fourth-order valence-corrected chi connectivity index (χ4v) is 3.52. The summed E-state index contributed by atoms with van der Waals surface area (Å²) in [6.45, 7) is 1.51. The van der Waals surface area contributed by atoms with E-state index in [1.165, 1.54) is 0 Å². The summed E-state index contributed by atoms with van der Waals surface area (Å²) in [4.78, 5) is 4.44. The quantitative estimate of drug-likeness (QED) is 0.856. The molecule has 3 rings (SSSR count). The zero-order chi connectivity index (χ0) is 11.7. The molecule has 94 valence electrons. The summed E-state index contributed by atoms with van der Waals surface area (Å²) in [6.07, 6.45) is 1.76. The maximum Gasteiger partial charge on any atom is 0.233 e. The third kappa shape index (κ3) is 2.34. The molecule has 2 saturated heterocycles. The summed E-state index contributed by atoms with van der Waals surface area (Å²) in [7, 11) is 0. The van der Waals surface area contributed by atoms with Crippen LogP contribution in [0.1, 0.15) is 36.4 Å². The van der Waals surface area contributed by atoms with Crippen LogP contribution in [0, 0.1) is 0 Å². The Balaban J connectivity index is 1.73. The van der Waals surface area contributed by atoms with Gasteiger partial charge in [0.1, 0.15) is 0 Å². The summed E-state index contributed by atoms with van der Waals surface area (Å²) < 4.78 is 10.7. The lowest BCUT2D eigenvalue weighted by Gasteiger charge is -2.18. The number of aliphatic hydroxyl groups is 1. The van der Waals surface area contributed by atoms with Crippen molar-refractivity contribution in [2.24, 2.45) is 0 Å². The monoisotopic (exact) mass is 256 g/mol. The number of thioether (sulfide) groups is 1. The van der Waals surface area contributed by atoms with Crippen LogP contribution in [0.15, 0.2) is 4.52 Å². The second-order valence-corrected chi connectivity index (χ2v) is 5.69. The molecule has 1 aromatic rings. The molecule has 0 aliphatic carbocycles. The number of hydrogen-bond acceptors (Lipinski definition) is 6. The van der Waals surface area contributed by atoms with E-state index in [-0.39, 0.29) is 17.9 Å². The van der Waals surface area contributed by atoms with Crippen LogP contribution in [0.4, 0.5) is 0 Å². The van der Waals surface area contributed by atoms with Gasteiger partial charge < -0.3 is 14.4 Å². The highest BCUT2D eigenvalue weighted by molar-refractivity contribution is 7.99. The van der Waals surface area contributed by atoms with Crippen LogP contribution < -0.4 is 0 Å². The third-order valence-corrected chi connectivity index (χ3v) is 4.52. The lowest BCUT2D eigenvalue weighted by atomic mass is 10.0. The molecule has 2 aliphatic rings. The summed E-state index contributed by atoms with van der Waals surface area (Å²) in [5.74, 6) is 3.21. The van der Waals surface area contributed by atoms with Crippen molar-refractivity contribution in [3.8, 4) is 0 Å². The molecule has 3 atom stereocenters. The first kappa shape index (κ1) is 11.5. The number of aromatic nitrogens is 2. The van der Waals surface area contributed by atoms with Gasteiger partial charge in [-0.1, -0.05) is 5.16 Å². The average molecular weight is 256 g/mol. The van der Waals surface area contributed by atoms with E-state index in [4.69, 9.17) is 9.26 Å². The Morgan fingerprint density at radius 1 is 1.35 bits per heavy atom. The predicted octanol–water partition coefficient (Wildman–Crippen LogP) is 1.15. The molecular weight excluding hydrogens is 240 g/mol. The van der Waals surface area contributed by atoms with E-state index in [0.717, 1.165) is 36.8 Å². The number of nitrogens with zero attached hydrogens (tertiary/aromatic N) is 2. The van der Waals surface area contributed by atoms with Gasteiger partial charge in [0.15, 0.2) is 5.82 Å². The minimum Gasteiger partial charge on any atom is -0.391 e. The van der Waals surface area contributed by atoms with Crippen molar-refractivity contribution in [1.29, 1.82) is 0 Å². The highest BCUT2D eigenvalue weighted by Gasteiger charge is 2.33. The van der Waals surface area contributed by atoms with Crippen molar-refractivity contribution in [2.45, 2.75) is 30.8 Å². The van der Waals surface area contributed by atoms with Crippen LogP contribution in [-0.4, -0.2) is 46.1 Å². The highest BCUT2D eigenvalue weighted by Crippen LogP contribution is 2.33. The first-order valence-electron chi connectivity index (χ1n) is 6.01. The largest absolute Gasteiger partial charge is 0.391 e. The highest BCUT2D eigenvalue weighted by atomic mass is 32.2. The number of hydrogen-bond donors (Lipinski definition) is 1. The minimum absolute atomic E-state index is 0.00533. The first-order chi connectivity index (χ1) is 8.34. The van der Waals surface area contributed by atoms with Crippen LogP contribution >= 0.6 is 11.8 Å². The molecule has 2 fully saturated rings. The van der Waals surface area contributed by atoms with Crippen LogP contribution in [0.5, 0.6) is 0 Å². The van der Waals surface area contributed by atoms with Crippen molar-refractivity contribution in [2.75, 3.05) is 24.7 Å². The van der Waals surface area contributed by atoms with Gasteiger partial charge in [0, 0.05) is 24.0 Å². The van der Waals surface area contributed by atoms with Crippen molar-refractivity contribution < 1.29 is 14.4 Å². The van der Waals surface area contributed by atoms with E-state index in [9.17, 15) is 5.11 Å². The molecule has 2 aliphatic heterocycles. The van der Waals surface area contributed by atoms with Crippen LogP contribution in [0.25, 0.3) is 0 Å². The van der Waals surface area contributed by atoms with Crippen molar-refractivity contribution in [1.82, 2.24) is 10.1 Å². The summed E-state index contributed by atoms with van der Waals surface area (Å²) in [5.41, 5.74) is 0. The smallest absolute Gasteiger partial charge is 0.233 e. The standard InChI is InChI=1S/C11H16N2O3S/c14-9-6-17-5-8(9)11-12-10(13-16-11)7-2-1-3-15-4-7/h7-9,14H,1-6H2. The Labute approximate surface area is 104 Å². The fourth-order valence-electron chi connectivity index (χ4n) is 2.29. The molecule has 0 aromatic carbocycles. The molecule has 5 nitrogen and oxygen atoms in total. The molecule has 0 spiro atoms. The van der Waals surface area contributed by atoms with E-state index < -0.39 is 0 Å².